The molecule has 0 N–H and O–H groups in total. The zero-order valence-electron chi connectivity index (χ0n) is 18.2. The van der Waals surface area contributed by atoms with Gasteiger partial charge < -0.3 is 18.4 Å². The van der Waals surface area contributed by atoms with Crippen LogP contribution in [0.5, 0.6) is 0 Å². The van der Waals surface area contributed by atoms with Crippen molar-refractivity contribution < 1.29 is 14.2 Å². The summed E-state index contributed by atoms with van der Waals surface area (Å²) >= 11 is 0. The van der Waals surface area contributed by atoms with Crippen molar-refractivity contribution in [3.05, 3.63) is 42.0 Å². The van der Waals surface area contributed by atoms with Crippen LogP contribution in [0.1, 0.15) is 11.1 Å². The lowest BCUT2D eigenvalue weighted by atomic mass is 10.1. The molecule has 1 aromatic rings. The second-order valence-corrected chi connectivity index (χ2v) is 18.9. The number of hydrogen-bond donors (Lipinski definition) is 0. The zero-order valence-corrected chi connectivity index (χ0v) is 20.2. The third kappa shape index (κ3) is 10.4. The lowest BCUT2D eigenvalue weighted by Gasteiger charge is -2.43. The first kappa shape index (κ1) is 24.3. The molecule has 0 spiro atoms. The minimum Gasteiger partial charge on any atom is -0.378 e. The molecule has 0 heterocycles. The highest BCUT2D eigenvalue weighted by molar-refractivity contribution is 6.89. The topological polar surface area (TPSA) is 30.9 Å². The van der Waals surface area contributed by atoms with E-state index in [0.29, 0.717) is 33.0 Å². The van der Waals surface area contributed by atoms with Gasteiger partial charge in [0, 0.05) is 6.54 Å². The van der Waals surface area contributed by atoms with Crippen molar-refractivity contribution >= 4 is 22.5 Å². The van der Waals surface area contributed by atoms with Crippen molar-refractivity contribution in [2.75, 3.05) is 39.6 Å². The van der Waals surface area contributed by atoms with Crippen LogP contribution < -0.4 is 0 Å². The number of hydrogen-bond acceptors (Lipinski definition) is 4. The standard InChI is InChI=1S/C21H39NO3Si2/c1-8-20-9-11-21(12-10-20)19-25-18-17-24-16-15-23-14-13-22(26(2,3)4)27(5,6)7/h8-12H,1,13-19H2,2-7H3. The second-order valence-electron chi connectivity index (χ2n) is 8.72. The van der Waals surface area contributed by atoms with Gasteiger partial charge in [-0.05, 0) is 11.1 Å². The Bertz CT molecular complexity index is 522. The molecule has 6 heteroatoms. The first-order chi connectivity index (χ1) is 12.6. The first-order valence-corrected chi connectivity index (χ1v) is 16.8. The average molecular weight is 410 g/mol. The Hall–Kier alpha value is -0.766. The van der Waals surface area contributed by atoms with Gasteiger partial charge >= 0.3 is 0 Å². The monoisotopic (exact) mass is 409 g/mol. The van der Waals surface area contributed by atoms with Gasteiger partial charge in [0.25, 0.3) is 0 Å². The maximum atomic E-state index is 5.78. The second kappa shape index (κ2) is 11.9. The van der Waals surface area contributed by atoms with Crippen LogP contribution >= 0.6 is 0 Å². The average Bonchev–Trinajstić information content (AvgIpc) is 2.58. The number of nitrogens with zero attached hydrogens (tertiary/aromatic N) is 1. The molecule has 0 amide bonds. The van der Waals surface area contributed by atoms with Crippen LogP contribution in [-0.4, -0.2) is 60.3 Å². The van der Waals surface area contributed by atoms with Crippen molar-refractivity contribution in [2.45, 2.75) is 45.9 Å². The Kier molecular flexibility index (Phi) is 10.7. The van der Waals surface area contributed by atoms with Crippen LogP contribution in [0.4, 0.5) is 0 Å². The van der Waals surface area contributed by atoms with E-state index >= 15 is 0 Å². The van der Waals surface area contributed by atoms with Gasteiger partial charge in [-0.2, -0.15) is 0 Å². The van der Waals surface area contributed by atoms with E-state index in [2.05, 4.69) is 62.2 Å². The van der Waals surface area contributed by atoms with E-state index < -0.39 is 16.5 Å². The largest absolute Gasteiger partial charge is 0.378 e. The molecule has 0 saturated heterocycles. The summed E-state index contributed by atoms with van der Waals surface area (Å²) in [6.45, 7) is 23.2. The van der Waals surface area contributed by atoms with E-state index in [9.17, 15) is 0 Å². The Morgan fingerprint density at radius 3 is 1.74 bits per heavy atom. The summed E-state index contributed by atoms with van der Waals surface area (Å²) in [5.74, 6) is 0. The maximum Gasteiger partial charge on any atom is 0.112 e. The van der Waals surface area contributed by atoms with Gasteiger partial charge in [0.1, 0.15) is 16.5 Å². The van der Waals surface area contributed by atoms with Gasteiger partial charge in [-0.15, -0.1) is 0 Å². The van der Waals surface area contributed by atoms with Crippen LogP contribution in [0.15, 0.2) is 30.8 Å². The molecule has 154 valence electrons. The van der Waals surface area contributed by atoms with E-state index in [1.54, 1.807) is 0 Å². The van der Waals surface area contributed by atoms with Crippen LogP contribution in [-0.2, 0) is 20.8 Å². The van der Waals surface area contributed by atoms with Gasteiger partial charge in [-0.3, -0.25) is 0 Å². The first-order valence-electron chi connectivity index (χ1n) is 9.87. The fraction of sp³-hybridized carbons (Fsp3) is 0.619. The van der Waals surface area contributed by atoms with Crippen molar-refractivity contribution in [1.82, 2.24) is 4.23 Å². The van der Waals surface area contributed by atoms with E-state index in [-0.39, 0.29) is 0 Å². The van der Waals surface area contributed by atoms with Gasteiger partial charge in [0.05, 0.1) is 39.6 Å². The lowest BCUT2D eigenvalue weighted by Crippen LogP contribution is -2.59. The Balaban J connectivity index is 2.04. The Morgan fingerprint density at radius 2 is 1.26 bits per heavy atom. The van der Waals surface area contributed by atoms with Gasteiger partial charge in [0.2, 0.25) is 0 Å². The summed E-state index contributed by atoms with van der Waals surface area (Å²) in [6.07, 6.45) is 1.84. The summed E-state index contributed by atoms with van der Waals surface area (Å²) in [7, 11) is -2.57. The molecular formula is C21H39NO3Si2. The summed E-state index contributed by atoms with van der Waals surface area (Å²) in [6, 6.07) is 8.22. The Morgan fingerprint density at radius 1 is 0.778 bits per heavy atom. The highest BCUT2D eigenvalue weighted by atomic mass is 28.4. The van der Waals surface area contributed by atoms with Crippen molar-refractivity contribution in [3.63, 3.8) is 0 Å². The van der Waals surface area contributed by atoms with E-state index in [4.69, 9.17) is 14.2 Å². The lowest BCUT2D eigenvalue weighted by molar-refractivity contribution is 0.0103. The SMILES string of the molecule is C=Cc1ccc(COCCOCCOCCN([Si](C)(C)C)[Si](C)(C)C)cc1. The quantitative estimate of drug-likeness (QED) is 0.325. The van der Waals surface area contributed by atoms with Gasteiger partial charge in [-0.25, -0.2) is 0 Å². The molecule has 0 atom stereocenters. The van der Waals surface area contributed by atoms with E-state index in [1.165, 1.54) is 5.56 Å². The Labute approximate surface area is 168 Å². The number of rotatable bonds is 14. The third-order valence-electron chi connectivity index (χ3n) is 4.31. The molecule has 0 aromatic heterocycles. The highest BCUT2D eigenvalue weighted by Crippen LogP contribution is 2.18. The minimum absolute atomic E-state index is 0.599. The van der Waals surface area contributed by atoms with Crippen molar-refractivity contribution in [2.24, 2.45) is 0 Å². The van der Waals surface area contributed by atoms with Crippen LogP contribution in [0.2, 0.25) is 39.3 Å². The van der Waals surface area contributed by atoms with Crippen LogP contribution in [0.3, 0.4) is 0 Å². The van der Waals surface area contributed by atoms with Crippen molar-refractivity contribution in [1.29, 1.82) is 0 Å². The van der Waals surface area contributed by atoms with Gasteiger partial charge in [0.15, 0.2) is 0 Å². The molecule has 0 fully saturated rings. The molecule has 0 radical (unpaired) electrons. The molecule has 27 heavy (non-hydrogen) atoms. The molecule has 1 aromatic carbocycles. The van der Waals surface area contributed by atoms with E-state index in [1.807, 2.05) is 18.2 Å². The van der Waals surface area contributed by atoms with Crippen LogP contribution in [0.25, 0.3) is 6.08 Å². The molecular weight excluding hydrogens is 370 g/mol. The molecule has 0 bridgehead atoms. The molecule has 0 aliphatic carbocycles. The normalized spacial score (nSPS) is 12.6. The summed E-state index contributed by atoms with van der Waals surface area (Å²) in [4.78, 5) is 0. The smallest absolute Gasteiger partial charge is 0.112 e. The zero-order chi connectivity index (χ0) is 20.3. The molecule has 0 aliphatic heterocycles. The molecule has 0 aliphatic rings. The predicted molar refractivity (Wildman–Crippen MR) is 121 cm³/mol. The minimum atomic E-state index is -1.28. The molecule has 0 saturated carbocycles. The fourth-order valence-electron chi connectivity index (χ4n) is 3.21. The summed E-state index contributed by atoms with van der Waals surface area (Å²) < 4.78 is 19.8. The maximum absolute atomic E-state index is 5.78. The van der Waals surface area contributed by atoms with Crippen molar-refractivity contribution in [3.8, 4) is 0 Å². The fourth-order valence-corrected chi connectivity index (χ4v) is 12.8. The summed E-state index contributed by atoms with van der Waals surface area (Å²) in [5, 5.41) is 0. The molecule has 4 nitrogen and oxygen atoms in total. The van der Waals surface area contributed by atoms with E-state index in [0.717, 1.165) is 18.7 Å². The summed E-state index contributed by atoms with van der Waals surface area (Å²) in [5.41, 5.74) is 2.29. The van der Waals surface area contributed by atoms with Crippen LogP contribution in [0, 0.1) is 0 Å². The number of benzene rings is 1. The molecule has 0 unspecified atom stereocenters. The number of ether oxygens (including phenoxy) is 3. The predicted octanol–water partition coefficient (Wildman–Crippen LogP) is 4.85. The highest BCUT2D eigenvalue weighted by Gasteiger charge is 2.33. The third-order valence-corrected chi connectivity index (χ3v) is 12.0. The van der Waals surface area contributed by atoms with Gasteiger partial charge in [-0.1, -0.05) is 76.2 Å². The molecule has 1 rings (SSSR count).